The Morgan fingerprint density at radius 1 is 0.811 bits per heavy atom. The maximum absolute atomic E-state index is 12.4. The molecule has 4 fully saturated rings. The van der Waals surface area contributed by atoms with Crippen molar-refractivity contribution < 1.29 is 23.8 Å². The van der Waals surface area contributed by atoms with Gasteiger partial charge in [-0.15, -0.1) is 0 Å². The van der Waals surface area contributed by atoms with E-state index in [-0.39, 0.29) is 5.41 Å². The second kappa shape index (κ2) is 8.90. The normalized spacial score (nSPS) is 25.8. The summed E-state index contributed by atoms with van der Waals surface area (Å²) in [5.41, 5.74) is 4.92. The summed E-state index contributed by atoms with van der Waals surface area (Å²) in [5.74, 6) is 3.01. The number of esters is 2. The second-order valence-electron chi connectivity index (χ2n) is 11.5. The van der Waals surface area contributed by atoms with Crippen molar-refractivity contribution in [1.82, 2.24) is 0 Å². The highest BCUT2D eigenvalue weighted by Crippen LogP contribution is 2.62. The smallest absolute Gasteiger partial charge is 0.338 e. The number of hydrogen-bond acceptors (Lipinski definition) is 5. The molecule has 0 N–H and O–H groups in total. The summed E-state index contributed by atoms with van der Waals surface area (Å²) in [5, 5.41) is 1.66. The molecule has 4 aliphatic carbocycles. The summed E-state index contributed by atoms with van der Waals surface area (Å²) >= 11 is 0. The average molecular weight is 499 g/mol. The molecule has 192 valence electrons. The quantitative estimate of drug-likeness (QED) is 0.280. The van der Waals surface area contributed by atoms with Gasteiger partial charge in [-0.1, -0.05) is 18.2 Å². The molecule has 0 saturated heterocycles. The molecule has 0 amide bonds. The van der Waals surface area contributed by atoms with Gasteiger partial charge in [0.2, 0.25) is 0 Å². The number of methoxy groups -OCH3 is 2. The van der Waals surface area contributed by atoms with E-state index in [1.165, 1.54) is 58.1 Å². The third-order valence-electron chi connectivity index (χ3n) is 9.17. The molecule has 4 bridgehead atoms. The van der Waals surface area contributed by atoms with Gasteiger partial charge in [-0.3, -0.25) is 4.79 Å². The molecule has 7 rings (SSSR count). The van der Waals surface area contributed by atoms with Gasteiger partial charge in [-0.05, 0) is 115 Å². The molecular formula is C32H34O5. The minimum Gasteiger partial charge on any atom is -0.496 e. The van der Waals surface area contributed by atoms with Crippen molar-refractivity contribution in [3.8, 4) is 22.6 Å². The van der Waals surface area contributed by atoms with Gasteiger partial charge in [0.15, 0.2) is 0 Å². The van der Waals surface area contributed by atoms with Crippen molar-refractivity contribution in [3.05, 3.63) is 59.2 Å². The Bertz CT molecular complexity index is 1380. The number of aryl methyl sites for hydroxylation is 1. The first kappa shape index (κ1) is 24.0. The summed E-state index contributed by atoms with van der Waals surface area (Å²) in [6, 6.07) is 14.3. The van der Waals surface area contributed by atoms with Gasteiger partial charge in [0.1, 0.15) is 11.5 Å². The highest BCUT2D eigenvalue weighted by Gasteiger charge is 2.52. The fourth-order valence-electron chi connectivity index (χ4n) is 8.02. The highest BCUT2D eigenvalue weighted by atomic mass is 16.5. The fraction of sp³-hybridized carbons (Fsp3) is 0.438. The predicted molar refractivity (Wildman–Crippen MR) is 143 cm³/mol. The first-order valence-electron chi connectivity index (χ1n) is 13.3. The lowest BCUT2D eigenvalue weighted by atomic mass is 9.48. The topological polar surface area (TPSA) is 61.8 Å². The Balaban J connectivity index is 1.48. The van der Waals surface area contributed by atoms with E-state index in [2.05, 4.69) is 30.3 Å². The van der Waals surface area contributed by atoms with E-state index in [1.807, 2.05) is 13.0 Å². The van der Waals surface area contributed by atoms with E-state index in [4.69, 9.17) is 14.2 Å². The Kier molecular flexibility index (Phi) is 5.78. The van der Waals surface area contributed by atoms with Crippen molar-refractivity contribution in [2.75, 3.05) is 14.2 Å². The Morgan fingerprint density at radius 3 is 2.03 bits per heavy atom. The minimum atomic E-state index is -0.452. The molecule has 5 nitrogen and oxygen atoms in total. The predicted octanol–water partition coefficient (Wildman–Crippen LogP) is 7.00. The maximum atomic E-state index is 12.4. The zero-order valence-electron chi connectivity index (χ0n) is 22.1. The molecule has 3 aromatic carbocycles. The number of fused-ring (bicyclic) bond motifs is 1. The first-order valence-corrected chi connectivity index (χ1v) is 13.3. The summed E-state index contributed by atoms with van der Waals surface area (Å²) in [7, 11) is 3.13. The van der Waals surface area contributed by atoms with E-state index in [9.17, 15) is 9.59 Å². The molecule has 0 heterocycles. The van der Waals surface area contributed by atoms with Gasteiger partial charge in [0.25, 0.3) is 0 Å². The lowest BCUT2D eigenvalue weighted by molar-refractivity contribution is -0.131. The largest absolute Gasteiger partial charge is 0.496 e. The molecule has 0 atom stereocenters. The van der Waals surface area contributed by atoms with Crippen LogP contribution in [0.2, 0.25) is 0 Å². The van der Waals surface area contributed by atoms with Crippen molar-refractivity contribution in [2.24, 2.45) is 17.8 Å². The molecule has 0 unspecified atom stereocenters. The molecule has 4 saturated carbocycles. The first-order chi connectivity index (χ1) is 17.8. The van der Waals surface area contributed by atoms with Crippen LogP contribution in [-0.4, -0.2) is 26.2 Å². The number of hydrogen-bond donors (Lipinski definition) is 0. The fourth-order valence-corrected chi connectivity index (χ4v) is 8.02. The number of carbonyl (C=O) groups excluding carboxylic acids is 2. The Labute approximate surface area is 218 Å². The van der Waals surface area contributed by atoms with E-state index < -0.39 is 11.9 Å². The van der Waals surface area contributed by atoms with Gasteiger partial charge in [-0.25, -0.2) is 4.79 Å². The van der Waals surface area contributed by atoms with Gasteiger partial charge < -0.3 is 14.2 Å². The molecule has 4 aliphatic rings. The second-order valence-corrected chi connectivity index (χ2v) is 11.5. The number of rotatable bonds is 5. The van der Waals surface area contributed by atoms with Crippen LogP contribution in [0.15, 0.2) is 42.5 Å². The molecule has 5 heteroatoms. The minimum absolute atomic E-state index is 0.210. The molecule has 0 radical (unpaired) electrons. The third kappa shape index (κ3) is 4.00. The molecule has 37 heavy (non-hydrogen) atoms. The lowest BCUT2D eigenvalue weighted by Gasteiger charge is -2.57. The van der Waals surface area contributed by atoms with Crippen LogP contribution in [0, 0.1) is 24.7 Å². The van der Waals surface area contributed by atoms with Gasteiger partial charge in [0, 0.05) is 17.9 Å². The van der Waals surface area contributed by atoms with Crippen LogP contribution in [0.25, 0.3) is 21.9 Å². The van der Waals surface area contributed by atoms with Crippen LogP contribution < -0.4 is 9.47 Å². The zero-order valence-corrected chi connectivity index (χ0v) is 22.1. The number of ether oxygens (including phenoxy) is 3. The molecule has 0 aromatic heterocycles. The summed E-state index contributed by atoms with van der Waals surface area (Å²) in [4.78, 5) is 24.3. The Morgan fingerprint density at radius 2 is 1.43 bits per heavy atom. The Hall–Kier alpha value is -3.34. The van der Waals surface area contributed by atoms with Crippen molar-refractivity contribution >= 4 is 22.7 Å². The number of benzene rings is 3. The van der Waals surface area contributed by atoms with Crippen molar-refractivity contribution in [2.45, 2.75) is 57.8 Å². The van der Waals surface area contributed by atoms with Crippen LogP contribution in [0.3, 0.4) is 0 Å². The van der Waals surface area contributed by atoms with E-state index in [0.717, 1.165) is 51.0 Å². The molecule has 0 spiro atoms. The third-order valence-corrected chi connectivity index (χ3v) is 9.17. The molecule has 3 aromatic rings. The van der Waals surface area contributed by atoms with Crippen LogP contribution in [0.1, 0.15) is 66.9 Å². The van der Waals surface area contributed by atoms with E-state index in [0.29, 0.717) is 11.3 Å². The van der Waals surface area contributed by atoms with Gasteiger partial charge >= 0.3 is 11.9 Å². The monoisotopic (exact) mass is 498 g/mol. The van der Waals surface area contributed by atoms with E-state index in [1.54, 1.807) is 13.2 Å². The summed E-state index contributed by atoms with van der Waals surface area (Å²) in [6.07, 6.45) is 8.00. The zero-order chi connectivity index (χ0) is 25.9. The highest BCUT2D eigenvalue weighted by molar-refractivity contribution is 6.03. The van der Waals surface area contributed by atoms with Crippen LogP contribution in [-0.2, 0) is 14.9 Å². The van der Waals surface area contributed by atoms with Crippen LogP contribution >= 0.6 is 0 Å². The standard InChI is InChI=1S/C32H34O5/c1-18-25-7-5-23(12-27(25)30(37-19(2)33)14-26(18)31(34)36-4)24-6-8-29(35-3)28(13-24)32-15-20-9-21(16-32)11-22(10-20)17-32/h5-8,12-14,20-22H,9-11,15-17H2,1-4H3. The van der Waals surface area contributed by atoms with Crippen LogP contribution in [0.5, 0.6) is 11.5 Å². The number of carbonyl (C=O) groups is 2. The lowest BCUT2D eigenvalue weighted by Crippen LogP contribution is -2.48. The maximum Gasteiger partial charge on any atom is 0.338 e. The average Bonchev–Trinajstić information content (AvgIpc) is 2.88. The van der Waals surface area contributed by atoms with Gasteiger partial charge in [0.05, 0.1) is 19.8 Å². The SMILES string of the molecule is COC(=O)c1cc(OC(C)=O)c2cc(-c3ccc(OC)c(C45CC6CC(CC(C6)C4)C5)c3)ccc2c1C. The molecular weight excluding hydrogens is 464 g/mol. The van der Waals surface area contributed by atoms with Gasteiger partial charge in [-0.2, -0.15) is 0 Å². The summed E-state index contributed by atoms with van der Waals surface area (Å²) in [6.45, 7) is 3.26. The van der Waals surface area contributed by atoms with Crippen LogP contribution in [0.4, 0.5) is 0 Å². The van der Waals surface area contributed by atoms with Crippen molar-refractivity contribution in [3.63, 3.8) is 0 Å². The van der Waals surface area contributed by atoms with E-state index >= 15 is 0 Å². The summed E-state index contributed by atoms with van der Waals surface area (Å²) < 4.78 is 16.4. The van der Waals surface area contributed by atoms with Crippen molar-refractivity contribution in [1.29, 1.82) is 0 Å². The molecule has 0 aliphatic heterocycles.